The van der Waals surface area contributed by atoms with Gasteiger partial charge in [0.15, 0.2) is 5.82 Å². The van der Waals surface area contributed by atoms with Crippen molar-refractivity contribution in [1.82, 2.24) is 14.9 Å². The first-order chi connectivity index (χ1) is 12.2. The van der Waals surface area contributed by atoms with Crippen LogP contribution in [0.15, 0.2) is 49.3 Å². The molecule has 130 valence electrons. The van der Waals surface area contributed by atoms with Crippen LogP contribution in [0.2, 0.25) is 0 Å². The van der Waals surface area contributed by atoms with Crippen LogP contribution >= 0.6 is 0 Å². The number of rotatable bonds is 3. The molecule has 0 N–H and O–H groups in total. The van der Waals surface area contributed by atoms with Crippen molar-refractivity contribution < 1.29 is 4.39 Å². The summed E-state index contributed by atoms with van der Waals surface area (Å²) in [7, 11) is 0. The summed E-state index contributed by atoms with van der Waals surface area (Å²) >= 11 is 0. The summed E-state index contributed by atoms with van der Waals surface area (Å²) in [4.78, 5) is 13.0. The predicted molar refractivity (Wildman–Crippen MR) is 97.8 cm³/mol. The second-order valence-corrected chi connectivity index (χ2v) is 6.96. The predicted octanol–water partition coefficient (Wildman–Crippen LogP) is 3.23. The van der Waals surface area contributed by atoms with E-state index in [-0.39, 0.29) is 5.82 Å². The maximum Gasteiger partial charge on any atom is 0.225 e. The molecule has 2 atom stereocenters. The van der Waals surface area contributed by atoms with E-state index in [0.29, 0.717) is 17.9 Å². The summed E-state index contributed by atoms with van der Waals surface area (Å²) in [6, 6.07) is 11.0. The maximum absolute atomic E-state index is 13.0. The van der Waals surface area contributed by atoms with E-state index in [0.717, 1.165) is 39.0 Å². The Hall–Kier alpha value is -2.27. The van der Waals surface area contributed by atoms with Crippen LogP contribution in [0, 0.1) is 11.7 Å². The van der Waals surface area contributed by atoms with Crippen LogP contribution in [0.1, 0.15) is 18.4 Å². The monoisotopic (exact) mass is 338 g/mol. The molecule has 0 bridgehead atoms. The molecule has 25 heavy (non-hydrogen) atoms. The second-order valence-electron chi connectivity index (χ2n) is 6.96. The van der Waals surface area contributed by atoms with Gasteiger partial charge in [-0.25, -0.2) is 14.4 Å². The van der Waals surface area contributed by atoms with Crippen LogP contribution in [0.5, 0.6) is 0 Å². The SMILES string of the molecule is C=C(c1ccccc1)C1CCC2CN(c3ncc(F)cn3)CCN2C1. The van der Waals surface area contributed by atoms with E-state index in [2.05, 4.69) is 50.6 Å². The Balaban J connectivity index is 1.40. The van der Waals surface area contributed by atoms with Crippen molar-refractivity contribution in [2.24, 2.45) is 5.92 Å². The Bertz CT molecular complexity index is 731. The van der Waals surface area contributed by atoms with Crippen molar-refractivity contribution in [2.45, 2.75) is 18.9 Å². The highest BCUT2D eigenvalue weighted by molar-refractivity contribution is 5.65. The van der Waals surface area contributed by atoms with Gasteiger partial charge in [0.25, 0.3) is 0 Å². The Labute approximate surface area is 148 Å². The van der Waals surface area contributed by atoms with E-state index in [1.54, 1.807) is 0 Å². The van der Waals surface area contributed by atoms with Crippen LogP contribution < -0.4 is 4.90 Å². The zero-order chi connectivity index (χ0) is 17.2. The normalized spacial score (nSPS) is 24.0. The number of hydrogen-bond donors (Lipinski definition) is 0. The highest BCUT2D eigenvalue weighted by atomic mass is 19.1. The summed E-state index contributed by atoms with van der Waals surface area (Å²) in [6.07, 6.45) is 4.80. The molecular formula is C20H23FN4. The highest BCUT2D eigenvalue weighted by Gasteiger charge is 2.34. The van der Waals surface area contributed by atoms with Gasteiger partial charge >= 0.3 is 0 Å². The molecule has 1 aromatic heterocycles. The molecule has 1 aromatic carbocycles. The third-order valence-electron chi connectivity index (χ3n) is 5.43. The van der Waals surface area contributed by atoms with Crippen LogP contribution in [0.3, 0.4) is 0 Å². The number of fused-ring (bicyclic) bond motifs is 1. The van der Waals surface area contributed by atoms with Crippen LogP contribution in [0.4, 0.5) is 10.3 Å². The number of piperazine rings is 1. The summed E-state index contributed by atoms with van der Waals surface area (Å²) in [6.45, 7) is 8.21. The molecule has 2 aromatic rings. The molecule has 2 aliphatic heterocycles. The Kier molecular flexibility index (Phi) is 4.49. The summed E-state index contributed by atoms with van der Waals surface area (Å²) in [5, 5.41) is 0. The molecule has 3 heterocycles. The van der Waals surface area contributed by atoms with Crippen molar-refractivity contribution >= 4 is 11.5 Å². The number of aromatic nitrogens is 2. The van der Waals surface area contributed by atoms with E-state index < -0.39 is 0 Å². The molecule has 2 aliphatic rings. The molecular weight excluding hydrogens is 315 g/mol. The average Bonchev–Trinajstić information content (AvgIpc) is 2.68. The fourth-order valence-electron chi connectivity index (χ4n) is 4.00. The maximum atomic E-state index is 13.0. The zero-order valence-electron chi connectivity index (χ0n) is 14.3. The second kappa shape index (κ2) is 6.92. The van der Waals surface area contributed by atoms with Crippen molar-refractivity contribution in [2.75, 3.05) is 31.1 Å². The van der Waals surface area contributed by atoms with Gasteiger partial charge in [0.1, 0.15) is 0 Å². The van der Waals surface area contributed by atoms with Gasteiger partial charge in [0.05, 0.1) is 12.4 Å². The largest absolute Gasteiger partial charge is 0.338 e. The van der Waals surface area contributed by atoms with Crippen molar-refractivity contribution in [3.63, 3.8) is 0 Å². The van der Waals surface area contributed by atoms with Gasteiger partial charge in [-0.3, -0.25) is 4.90 Å². The van der Waals surface area contributed by atoms with Crippen LogP contribution in [-0.2, 0) is 0 Å². The smallest absolute Gasteiger partial charge is 0.225 e. The topological polar surface area (TPSA) is 32.3 Å². The van der Waals surface area contributed by atoms with Crippen LogP contribution in [0.25, 0.3) is 5.57 Å². The highest BCUT2D eigenvalue weighted by Crippen LogP contribution is 2.33. The quantitative estimate of drug-likeness (QED) is 0.860. The van der Waals surface area contributed by atoms with Gasteiger partial charge in [0.2, 0.25) is 5.95 Å². The van der Waals surface area contributed by atoms with Crippen molar-refractivity contribution in [3.8, 4) is 0 Å². The minimum Gasteiger partial charge on any atom is -0.338 e. The molecule has 0 radical (unpaired) electrons. The van der Waals surface area contributed by atoms with Crippen molar-refractivity contribution in [3.05, 3.63) is 60.7 Å². The number of hydrogen-bond acceptors (Lipinski definition) is 4. The lowest BCUT2D eigenvalue weighted by Gasteiger charge is -2.46. The minimum absolute atomic E-state index is 0.387. The summed E-state index contributed by atoms with van der Waals surface area (Å²) in [5.74, 6) is 0.770. The molecule has 0 aliphatic carbocycles. The fraction of sp³-hybridized carbons (Fsp3) is 0.400. The lowest BCUT2D eigenvalue weighted by molar-refractivity contribution is 0.113. The van der Waals surface area contributed by atoms with Gasteiger partial charge in [-0.05, 0) is 29.9 Å². The molecule has 2 saturated heterocycles. The summed E-state index contributed by atoms with van der Waals surface area (Å²) in [5.41, 5.74) is 2.51. The molecule has 0 saturated carbocycles. The Morgan fingerprint density at radius 3 is 2.56 bits per heavy atom. The average molecular weight is 338 g/mol. The van der Waals surface area contributed by atoms with Gasteiger partial charge in [-0.1, -0.05) is 36.9 Å². The lowest BCUT2D eigenvalue weighted by atomic mass is 9.84. The molecule has 2 fully saturated rings. The van der Waals surface area contributed by atoms with E-state index in [1.165, 1.54) is 23.5 Å². The standard InChI is InChI=1S/C20H23FN4/c1-15(16-5-3-2-4-6-16)17-7-8-19-14-25(10-9-24(19)13-17)20-22-11-18(21)12-23-20/h2-6,11-12,17,19H,1,7-10,13-14H2. The lowest BCUT2D eigenvalue weighted by Crippen LogP contribution is -2.56. The first-order valence-corrected chi connectivity index (χ1v) is 8.91. The van der Waals surface area contributed by atoms with E-state index >= 15 is 0 Å². The summed E-state index contributed by atoms with van der Waals surface area (Å²) < 4.78 is 13.0. The van der Waals surface area contributed by atoms with Gasteiger partial charge < -0.3 is 4.90 Å². The zero-order valence-corrected chi connectivity index (χ0v) is 14.3. The third kappa shape index (κ3) is 3.42. The number of anilines is 1. The number of nitrogens with zero attached hydrogens (tertiary/aromatic N) is 4. The Morgan fingerprint density at radius 2 is 1.80 bits per heavy atom. The van der Waals surface area contributed by atoms with E-state index in [9.17, 15) is 4.39 Å². The molecule has 2 unspecified atom stereocenters. The molecule has 0 amide bonds. The number of benzene rings is 1. The van der Waals surface area contributed by atoms with Gasteiger partial charge in [-0.15, -0.1) is 0 Å². The van der Waals surface area contributed by atoms with Crippen molar-refractivity contribution in [1.29, 1.82) is 0 Å². The van der Waals surface area contributed by atoms with Gasteiger partial charge in [-0.2, -0.15) is 0 Å². The van der Waals surface area contributed by atoms with Gasteiger partial charge in [0, 0.05) is 32.2 Å². The number of halogens is 1. The molecule has 5 heteroatoms. The van der Waals surface area contributed by atoms with E-state index in [4.69, 9.17) is 0 Å². The first kappa shape index (κ1) is 16.2. The van der Waals surface area contributed by atoms with Crippen LogP contribution in [-0.4, -0.2) is 47.1 Å². The Morgan fingerprint density at radius 1 is 1.04 bits per heavy atom. The molecule has 0 spiro atoms. The minimum atomic E-state index is -0.387. The van der Waals surface area contributed by atoms with E-state index in [1.807, 2.05) is 6.07 Å². The first-order valence-electron chi connectivity index (χ1n) is 8.91. The number of piperidine rings is 1. The fourth-order valence-corrected chi connectivity index (χ4v) is 4.00. The molecule has 4 nitrogen and oxygen atoms in total. The molecule has 4 rings (SSSR count). The third-order valence-corrected chi connectivity index (χ3v) is 5.43.